The van der Waals surface area contributed by atoms with Crippen molar-refractivity contribution in [2.24, 2.45) is 5.92 Å². The summed E-state index contributed by atoms with van der Waals surface area (Å²) in [6.07, 6.45) is -0.148. The molecular formula is C24H33N3O5S. The van der Waals surface area contributed by atoms with Crippen LogP contribution in [0.5, 0.6) is 5.75 Å². The normalized spacial score (nSPS) is 22.5. The fourth-order valence-electron chi connectivity index (χ4n) is 3.72. The van der Waals surface area contributed by atoms with Crippen molar-refractivity contribution < 1.29 is 22.7 Å². The number of benzene rings is 2. The third kappa shape index (κ3) is 6.25. The Labute approximate surface area is 196 Å². The van der Waals surface area contributed by atoms with Crippen molar-refractivity contribution in [1.82, 2.24) is 10.2 Å². The number of hydrogen-bond acceptors (Lipinski definition) is 6. The summed E-state index contributed by atoms with van der Waals surface area (Å²) >= 11 is 0. The van der Waals surface area contributed by atoms with Gasteiger partial charge in [0, 0.05) is 39.0 Å². The molecule has 0 fully saturated rings. The molecule has 0 spiro atoms. The Kier molecular flexibility index (Phi) is 7.99. The first-order valence-electron chi connectivity index (χ1n) is 11.0. The molecule has 3 rings (SSSR count). The molecule has 9 heteroatoms. The zero-order valence-corrected chi connectivity index (χ0v) is 20.6. The van der Waals surface area contributed by atoms with Gasteiger partial charge in [0.1, 0.15) is 12.4 Å². The molecule has 0 saturated carbocycles. The molecule has 0 unspecified atom stereocenters. The average Bonchev–Trinajstić information content (AvgIpc) is 2.78. The molecular weight excluding hydrogens is 442 g/mol. The highest BCUT2D eigenvalue weighted by atomic mass is 32.2. The maximum absolute atomic E-state index is 13.3. The second kappa shape index (κ2) is 10.5. The van der Waals surface area contributed by atoms with Crippen molar-refractivity contribution in [2.75, 3.05) is 38.6 Å². The third-order valence-electron chi connectivity index (χ3n) is 5.78. The van der Waals surface area contributed by atoms with Crippen LogP contribution in [0.3, 0.4) is 0 Å². The maximum Gasteiger partial charge on any atom is 0.261 e. The Balaban J connectivity index is 1.94. The van der Waals surface area contributed by atoms with Crippen LogP contribution in [0.1, 0.15) is 29.8 Å². The molecule has 0 aliphatic carbocycles. The number of aryl methyl sites for hydroxylation is 1. The first-order chi connectivity index (χ1) is 15.6. The first-order valence-corrected chi connectivity index (χ1v) is 12.5. The molecule has 0 saturated heterocycles. The number of fused-ring (bicyclic) bond motifs is 1. The van der Waals surface area contributed by atoms with Gasteiger partial charge in [-0.2, -0.15) is 0 Å². The molecule has 1 heterocycles. The number of carbonyl (C=O) groups excluding carboxylic acids is 1. The summed E-state index contributed by atoms with van der Waals surface area (Å²) in [7, 11) is -0.460. The lowest BCUT2D eigenvalue weighted by Crippen LogP contribution is -2.44. The summed E-state index contributed by atoms with van der Waals surface area (Å²) in [5, 5.41) is 3.44. The summed E-state index contributed by atoms with van der Waals surface area (Å²) < 4.78 is 39.9. The molecule has 180 valence electrons. The van der Waals surface area contributed by atoms with Gasteiger partial charge in [-0.05, 0) is 55.7 Å². The molecule has 2 aromatic rings. The van der Waals surface area contributed by atoms with Crippen LogP contribution in [0.2, 0.25) is 0 Å². The van der Waals surface area contributed by atoms with E-state index in [0.717, 1.165) is 12.1 Å². The molecule has 1 amide bonds. The number of likely N-dealkylation sites (N-methyl/N-ethyl adjacent to an activating group) is 1. The van der Waals surface area contributed by atoms with E-state index in [9.17, 15) is 13.2 Å². The van der Waals surface area contributed by atoms with Crippen molar-refractivity contribution in [3.05, 3.63) is 53.6 Å². The number of methoxy groups -OCH3 is 1. The lowest BCUT2D eigenvalue weighted by atomic mass is 10.0. The van der Waals surface area contributed by atoms with Crippen molar-refractivity contribution in [2.45, 2.75) is 37.8 Å². The number of sulfonamides is 1. The minimum absolute atomic E-state index is 0.0598. The fraction of sp³-hybridized carbons (Fsp3) is 0.458. The number of carbonyl (C=O) groups is 1. The Bertz CT molecular complexity index is 1090. The SMILES string of the molecule is CO[C@@H]1CN(C)C(=O)c2cc(NS(=O)(=O)c3cccc(C)c3)ccc2OC[C@@H](C)NC[C@H]1C. The number of nitrogens with one attached hydrogen (secondary N) is 2. The first kappa shape index (κ1) is 25.0. The van der Waals surface area contributed by atoms with Crippen LogP contribution in [-0.2, 0) is 14.8 Å². The van der Waals surface area contributed by atoms with Crippen LogP contribution in [0.4, 0.5) is 5.69 Å². The Morgan fingerprint density at radius 3 is 2.64 bits per heavy atom. The number of ether oxygens (including phenoxy) is 2. The highest BCUT2D eigenvalue weighted by Crippen LogP contribution is 2.27. The van der Waals surface area contributed by atoms with E-state index in [1.54, 1.807) is 43.3 Å². The van der Waals surface area contributed by atoms with Crippen molar-refractivity contribution in [1.29, 1.82) is 0 Å². The number of nitrogens with zero attached hydrogens (tertiary/aromatic N) is 1. The number of anilines is 1. The zero-order valence-electron chi connectivity index (χ0n) is 19.8. The second-order valence-corrected chi connectivity index (χ2v) is 10.4. The van der Waals surface area contributed by atoms with Crippen molar-refractivity contribution >= 4 is 21.6 Å². The highest BCUT2D eigenvalue weighted by Gasteiger charge is 2.26. The maximum atomic E-state index is 13.3. The van der Waals surface area contributed by atoms with Crippen molar-refractivity contribution in [3.63, 3.8) is 0 Å². The molecule has 8 nitrogen and oxygen atoms in total. The molecule has 0 radical (unpaired) electrons. The van der Waals surface area contributed by atoms with Gasteiger partial charge in [0.15, 0.2) is 0 Å². The predicted octanol–water partition coefficient (Wildman–Crippen LogP) is 2.89. The molecule has 2 aromatic carbocycles. The quantitative estimate of drug-likeness (QED) is 0.706. The summed E-state index contributed by atoms with van der Waals surface area (Å²) in [6.45, 7) is 7.41. The smallest absolute Gasteiger partial charge is 0.261 e. The van der Waals surface area contributed by atoms with E-state index in [1.165, 1.54) is 12.1 Å². The highest BCUT2D eigenvalue weighted by molar-refractivity contribution is 7.92. The van der Waals surface area contributed by atoms with Gasteiger partial charge < -0.3 is 19.7 Å². The van der Waals surface area contributed by atoms with Gasteiger partial charge in [-0.25, -0.2) is 8.42 Å². The van der Waals surface area contributed by atoms with Crippen LogP contribution >= 0.6 is 0 Å². The van der Waals surface area contributed by atoms with E-state index in [4.69, 9.17) is 9.47 Å². The van der Waals surface area contributed by atoms with Crippen LogP contribution in [0.25, 0.3) is 0 Å². The number of rotatable bonds is 4. The molecule has 0 bridgehead atoms. The molecule has 3 atom stereocenters. The molecule has 1 aliphatic heterocycles. The summed E-state index contributed by atoms with van der Waals surface area (Å²) in [4.78, 5) is 15.1. The lowest BCUT2D eigenvalue weighted by molar-refractivity contribution is 0.0281. The van der Waals surface area contributed by atoms with Crippen LogP contribution < -0.4 is 14.8 Å². The average molecular weight is 476 g/mol. The number of amides is 1. The summed E-state index contributed by atoms with van der Waals surface area (Å²) in [6, 6.07) is 11.5. The minimum Gasteiger partial charge on any atom is -0.491 e. The van der Waals surface area contributed by atoms with E-state index in [-0.39, 0.29) is 40.1 Å². The fourth-order valence-corrected chi connectivity index (χ4v) is 4.87. The van der Waals surface area contributed by atoms with E-state index in [2.05, 4.69) is 17.0 Å². The molecule has 0 aromatic heterocycles. The second-order valence-electron chi connectivity index (χ2n) is 8.69. The number of hydrogen-bond donors (Lipinski definition) is 2. The molecule has 1 aliphatic rings. The van der Waals surface area contributed by atoms with E-state index in [1.807, 2.05) is 19.9 Å². The van der Waals surface area contributed by atoms with Crippen LogP contribution in [-0.4, -0.2) is 65.2 Å². The third-order valence-corrected chi connectivity index (χ3v) is 7.16. The van der Waals surface area contributed by atoms with Crippen LogP contribution in [0, 0.1) is 12.8 Å². The molecule has 2 N–H and O–H groups in total. The van der Waals surface area contributed by atoms with Gasteiger partial charge in [0.05, 0.1) is 16.6 Å². The summed E-state index contributed by atoms with van der Waals surface area (Å²) in [5.74, 6) is 0.317. The standard InChI is InChI=1S/C24H33N3O5S/c1-16-7-6-8-20(11-16)33(29,30)26-19-9-10-22-21(12-19)24(28)27(4)14-23(31-5)17(2)13-25-18(3)15-32-22/h6-12,17-18,23,25-26H,13-15H2,1-5H3/t17-,18-,23-/m1/s1. The molecule has 33 heavy (non-hydrogen) atoms. The summed E-state index contributed by atoms with van der Waals surface area (Å²) in [5.41, 5.74) is 1.41. The van der Waals surface area contributed by atoms with E-state index >= 15 is 0 Å². The van der Waals surface area contributed by atoms with Gasteiger partial charge >= 0.3 is 0 Å². The minimum atomic E-state index is -3.81. The van der Waals surface area contributed by atoms with E-state index in [0.29, 0.717) is 18.9 Å². The monoisotopic (exact) mass is 475 g/mol. The Morgan fingerprint density at radius 2 is 1.94 bits per heavy atom. The van der Waals surface area contributed by atoms with Gasteiger partial charge in [0.25, 0.3) is 15.9 Å². The van der Waals surface area contributed by atoms with Crippen molar-refractivity contribution in [3.8, 4) is 5.75 Å². The lowest BCUT2D eigenvalue weighted by Gasteiger charge is -2.30. The Morgan fingerprint density at radius 1 is 1.18 bits per heavy atom. The largest absolute Gasteiger partial charge is 0.491 e. The van der Waals surface area contributed by atoms with Crippen LogP contribution in [0.15, 0.2) is 47.4 Å². The zero-order chi connectivity index (χ0) is 24.2. The predicted molar refractivity (Wildman–Crippen MR) is 128 cm³/mol. The van der Waals surface area contributed by atoms with Gasteiger partial charge in [0.2, 0.25) is 0 Å². The topological polar surface area (TPSA) is 97.0 Å². The van der Waals surface area contributed by atoms with Gasteiger partial charge in [-0.1, -0.05) is 19.1 Å². The van der Waals surface area contributed by atoms with E-state index < -0.39 is 10.0 Å². The Hall–Kier alpha value is -2.62. The van der Waals surface area contributed by atoms with Gasteiger partial charge in [-0.3, -0.25) is 9.52 Å². The van der Waals surface area contributed by atoms with Gasteiger partial charge in [-0.15, -0.1) is 0 Å².